The van der Waals surface area contributed by atoms with E-state index in [-0.39, 0.29) is 10.8 Å². The van der Waals surface area contributed by atoms with E-state index in [9.17, 15) is 0 Å². The van der Waals surface area contributed by atoms with Crippen molar-refractivity contribution in [2.24, 2.45) is 0 Å². The van der Waals surface area contributed by atoms with E-state index in [4.69, 9.17) is 0 Å². The van der Waals surface area contributed by atoms with Crippen LogP contribution in [-0.4, -0.2) is 18.4 Å². The van der Waals surface area contributed by atoms with Crippen LogP contribution in [-0.2, 0) is 10.8 Å². The molecule has 0 unspecified atom stereocenters. The molecule has 0 radical (unpaired) electrons. The molecule has 0 aromatic heterocycles. The van der Waals surface area contributed by atoms with E-state index in [2.05, 4.69) is 80.5 Å². The molecule has 0 N–H and O–H groups in total. The summed E-state index contributed by atoms with van der Waals surface area (Å²) < 4.78 is 6.55. The molecule has 0 heterocycles. The summed E-state index contributed by atoms with van der Waals surface area (Å²) in [5, 5.41) is 0. The first-order valence-corrected chi connectivity index (χ1v) is 19.2. The first kappa shape index (κ1) is 25.1. The SMILES string of the molecule is CCC[CH2][Sn]([CH2]CCC)([CH2]CCC)[c]1ccc(C(C)(C)C)cc1C(C)(C)C. The minimum atomic E-state index is -2.41. The summed E-state index contributed by atoms with van der Waals surface area (Å²) in [4.78, 5) is 0. The van der Waals surface area contributed by atoms with Gasteiger partial charge in [0.25, 0.3) is 0 Å². The molecule has 0 aliphatic rings. The molecule has 0 spiro atoms. The third-order valence-corrected chi connectivity index (χ3v) is 22.0. The van der Waals surface area contributed by atoms with Crippen molar-refractivity contribution in [3.63, 3.8) is 0 Å². The van der Waals surface area contributed by atoms with E-state index in [0.717, 1.165) is 0 Å². The molecule has 1 heteroatoms. The summed E-state index contributed by atoms with van der Waals surface area (Å²) in [6, 6.07) is 7.71. The van der Waals surface area contributed by atoms with Crippen molar-refractivity contribution in [1.82, 2.24) is 0 Å². The first-order chi connectivity index (χ1) is 12.5. The summed E-state index contributed by atoms with van der Waals surface area (Å²) in [5.74, 6) is 0. The van der Waals surface area contributed by atoms with Crippen LogP contribution < -0.4 is 3.58 Å². The molecule has 1 aromatic carbocycles. The van der Waals surface area contributed by atoms with Gasteiger partial charge in [-0.2, -0.15) is 0 Å². The van der Waals surface area contributed by atoms with E-state index < -0.39 is 18.4 Å². The van der Waals surface area contributed by atoms with Crippen molar-refractivity contribution in [3.8, 4) is 0 Å². The van der Waals surface area contributed by atoms with Crippen molar-refractivity contribution in [2.75, 3.05) is 0 Å². The fourth-order valence-corrected chi connectivity index (χ4v) is 21.8. The van der Waals surface area contributed by atoms with Gasteiger partial charge >= 0.3 is 176 Å². The molecule has 156 valence electrons. The van der Waals surface area contributed by atoms with Gasteiger partial charge in [0.05, 0.1) is 0 Å². The van der Waals surface area contributed by atoms with Crippen LogP contribution >= 0.6 is 0 Å². The zero-order valence-corrected chi connectivity index (χ0v) is 23.0. The Labute approximate surface area is 175 Å². The third-order valence-electron chi connectivity index (χ3n) is 6.29. The van der Waals surface area contributed by atoms with Gasteiger partial charge < -0.3 is 0 Å². The summed E-state index contributed by atoms with van der Waals surface area (Å²) in [6.07, 6.45) is 8.36. The molecule has 1 aromatic rings. The topological polar surface area (TPSA) is 0 Å². The molecular weight excluding hydrogens is 431 g/mol. The Morgan fingerprint density at radius 1 is 0.667 bits per heavy atom. The van der Waals surface area contributed by atoms with Crippen molar-refractivity contribution in [1.29, 1.82) is 0 Å². The molecule has 0 saturated carbocycles. The zero-order valence-electron chi connectivity index (χ0n) is 20.1. The van der Waals surface area contributed by atoms with Crippen LogP contribution in [0.1, 0.15) is 112 Å². The quantitative estimate of drug-likeness (QED) is 0.296. The van der Waals surface area contributed by atoms with Gasteiger partial charge in [0.15, 0.2) is 0 Å². The molecule has 0 nitrogen and oxygen atoms in total. The summed E-state index contributed by atoms with van der Waals surface area (Å²) in [5.41, 5.74) is 3.67. The Morgan fingerprint density at radius 2 is 1.11 bits per heavy atom. The number of rotatable bonds is 10. The fourth-order valence-electron chi connectivity index (χ4n) is 4.42. The van der Waals surface area contributed by atoms with Crippen molar-refractivity contribution in [2.45, 2.75) is 125 Å². The molecule has 0 atom stereocenters. The second-order valence-electron chi connectivity index (χ2n) is 10.9. The van der Waals surface area contributed by atoms with Gasteiger partial charge in [0.2, 0.25) is 0 Å². The Kier molecular flexibility index (Phi) is 9.93. The van der Waals surface area contributed by atoms with Gasteiger partial charge in [-0.25, -0.2) is 0 Å². The predicted octanol–water partition coefficient (Wildman–Crippen LogP) is 8.34. The van der Waals surface area contributed by atoms with Crippen LogP contribution in [0.25, 0.3) is 0 Å². The van der Waals surface area contributed by atoms with E-state index in [0.29, 0.717) is 0 Å². The Balaban J connectivity index is 3.61. The molecule has 27 heavy (non-hydrogen) atoms. The second kappa shape index (κ2) is 10.7. The van der Waals surface area contributed by atoms with E-state index in [1.54, 1.807) is 18.9 Å². The van der Waals surface area contributed by atoms with Gasteiger partial charge in [-0.05, 0) is 0 Å². The average Bonchev–Trinajstić information content (AvgIpc) is 2.59. The van der Waals surface area contributed by atoms with Crippen LogP contribution in [0.3, 0.4) is 0 Å². The van der Waals surface area contributed by atoms with Crippen LogP contribution in [0.2, 0.25) is 13.3 Å². The zero-order chi connectivity index (χ0) is 20.7. The molecule has 0 bridgehead atoms. The number of hydrogen-bond donors (Lipinski definition) is 0. The summed E-state index contributed by atoms with van der Waals surface area (Å²) >= 11 is -2.41. The molecule has 1 rings (SSSR count). The van der Waals surface area contributed by atoms with Crippen molar-refractivity contribution < 1.29 is 0 Å². The van der Waals surface area contributed by atoms with Crippen LogP contribution in [0, 0.1) is 0 Å². The second-order valence-corrected chi connectivity index (χ2v) is 24.0. The summed E-state index contributed by atoms with van der Waals surface area (Å²) in [6.45, 7) is 21.5. The average molecular weight is 479 g/mol. The van der Waals surface area contributed by atoms with E-state index >= 15 is 0 Å². The third kappa shape index (κ3) is 7.09. The van der Waals surface area contributed by atoms with Crippen LogP contribution in [0.4, 0.5) is 0 Å². The molecule has 0 saturated heterocycles. The van der Waals surface area contributed by atoms with Crippen LogP contribution in [0.15, 0.2) is 18.2 Å². The fraction of sp³-hybridized carbons (Fsp3) is 0.769. The normalized spacial score (nSPS) is 13.2. The standard InChI is InChI=1S/C14H21.3C4H9.Sn/c1-13(2,3)11-8-7-9-12(10-11)14(4,5)6;3*1-3-4-2;/h7-8,10H,1-6H3;3*1,3-4H2,2H3;. The maximum atomic E-state index is 2.62. The Bertz CT molecular complexity index is 535. The Morgan fingerprint density at radius 3 is 1.44 bits per heavy atom. The maximum absolute atomic E-state index is 2.62. The first-order valence-electron chi connectivity index (χ1n) is 11.7. The molecular formula is C26H48Sn. The molecule has 0 fully saturated rings. The Hall–Kier alpha value is 0.0187. The van der Waals surface area contributed by atoms with E-state index in [1.165, 1.54) is 44.1 Å². The minimum absolute atomic E-state index is 0.229. The van der Waals surface area contributed by atoms with Gasteiger partial charge in [-0.1, -0.05) is 0 Å². The molecule has 0 aliphatic heterocycles. The number of benzene rings is 1. The van der Waals surface area contributed by atoms with Gasteiger partial charge in [0, 0.05) is 0 Å². The van der Waals surface area contributed by atoms with Crippen molar-refractivity contribution >= 4 is 22.0 Å². The van der Waals surface area contributed by atoms with Crippen LogP contribution in [0.5, 0.6) is 0 Å². The van der Waals surface area contributed by atoms with Crippen molar-refractivity contribution in [3.05, 3.63) is 29.3 Å². The van der Waals surface area contributed by atoms with Gasteiger partial charge in [-0.15, -0.1) is 0 Å². The molecule has 0 aliphatic carbocycles. The van der Waals surface area contributed by atoms with E-state index in [1.807, 2.05) is 3.58 Å². The molecule has 0 amide bonds. The number of unbranched alkanes of at least 4 members (excludes halogenated alkanes) is 3. The van der Waals surface area contributed by atoms with Gasteiger partial charge in [0.1, 0.15) is 0 Å². The number of hydrogen-bond acceptors (Lipinski definition) is 0. The summed E-state index contributed by atoms with van der Waals surface area (Å²) in [7, 11) is 0. The predicted molar refractivity (Wildman–Crippen MR) is 128 cm³/mol. The monoisotopic (exact) mass is 480 g/mol. The van der Waals surface area contributed by atoms with Gasteiger partial charge in [-0.3, -0.25) is 0 Å².